The van der Waals surface area contributed by atoms with Gasteiger partial charge in [-0.05, 0) is 123 Å². The number of carbonyl (C=O) groups is 2. The van der Waals surface area contributed by atoms with Crippen LogP contribution in [0.15, 0.2) is 43.0 Å². The van der Waals surface area contributed by atoms with Gasteiger partial charge in [-0.25, -0.2) is 15.0 Å². The molecule has 12 atom stereocenters. The van der Waals surface area contributed by atoms with Crippen LogP contribution in [0.4, 0.5) is 5.82 Å². The number of ether oxygens (including phenoxy) is 2. The van der Waals surface area contributed by atoms with E-state index in [4.69, 9.17) is 30.0 Å². The molecular formula is C47H71N6O9PS. The Bertz CT molecular complexity index is 2060. The van der Waals surface area contributed by atoms with Gasteiger partial charge in [-0.15, -0.1) is 0 Å². The molecule has 7 rings (SSSR count). The summed E-state index contributed by atoms with van der Waals surface area (Å²) in [5, 5.41) is 22.2. The van der Waals surface area contributed by atoms with Gasteiger partial charge in [-0.1, -0.05) is 62.9 Å². The highest BCUT2D eigenvalue weighted by atomic mass is 32.2. The van der Waals surface area contributed by atoms with Crippen molar-refractivity contribution in [1.82, 2.24) is 19.5 Å². The molecule has 2 aromatic heterocycles. The number of anilines is 1. The first-order valence-electron chi connectivity index (χ1n) is 23.6. The third-order valence-corrected chi connectivity index (χ3v) is 18.5. The Labute approximate surface area is 382 Å². The second-order valence-electron chi connectivity index (χ2n) is 19.5. The lowest BCUT2D eigenvalue weighted by molar-refractivity contribution is -0.175. The number of aliphatic hydroxyl groups is 2. The van der Waals surface area contributed by atoms with E-state index in [1.807, 2.05) is 30.3 Å². The van der Waals surface area contributed by atoms with Crippen molar-refractivity contribution >= 4 is 47.4 Å². The lowest BCUT2D eigenvalue weighted by Crippen LogP contribution is -2.58. The zero-order chi connectivity index (χ0) is 45.5. The van der Waals surface area contributed by atoms with Crippen LogP contribution in [0, 0.1) is 46.3 Å². The van der Waals surface area contributed by atoms with Gasteiger partial charge in [0.1, 0.15) is 18.2 Å². The minimum Gasteiger partial charge on any atom is -0.466 e. The van der Waals surface area contributed by atoms with Crippen molar-refractivity contribution in [1.29, 1.82) is 0 Å². The normalized spacial score (nSPS) is 30.8. The quantitative estimate of drug-likeness (QED) is 0.0445. The lowest BCUT2D eigenvalue weighted by Gasteiger charge is -2.62. The number of esters is 1. The number of carbonyl (C=O) groups excluding carboxylic acids is 2. The number of rotatable bonds is 22. The number of hydrogen-bond donors (Lipinski definition) is 4. The molecule has 4 saturated carbocycles. The summed E-state index contributed by atoms with van der Waals surface area (Å²) < 4.78 is 38.7. The molecule has 6 N–H and O–H groups in total. The number of fused-ring (bicyclic) bond motifs is 6. The Morgan fingerprint density at radius 1 is 0.969 bits per heavy atom. The summed E-state index contributed by atoms with van der Waals surface area (Å²) in [6.45, 7) is 7.74. The number of benzene rings is 1. The van der Waals surface area contributed by atoms with Gasteiger partial charge in [0, 0.05) is 25.1 Å². The molecule has 3 aromatic rings. The Balaban J connectivity index is 0.840. The molecule has 64 heavy (non-hydrogen) atoms. The van der Waals surface area contributed by atoms with E-state index in [1.54, 1.807) is 10.9 Å². The van der Waals surface area contributed by atoms with Gasteiger partial charge in [0.25, 0.3) is 0 Å². The van der Waals surface area contributed by atoms with Crippen LogP contribution in [0.1, 0.15) is 103 Å². The largest absolute Gasteiger partial charge is 0.466 e. The average molecular weight is 927 g/mol. The first-order valence-corrected chi connectivity index (χ1v) is 26.3. The van der Waals surface area contributed by atoms with Gasteiger partial charge in [-0.2, -0.15) is 0 Å². The molecular weight excluding hydrogens is 856 g/mol. The SMILES string of the molecule is C[C@H](CCC(=O)OCCCOP(=O)(COCCn1cnc2c(N)ncnc21)OCCCSC(=O)[C@@H](N)Cc1ccccc1)[C@H]1CC[C@H]2[C@@H]3CC[C@@H]4C[C@H](O)CC[C@]4(C)[C@H]3C[C@H](O)[C@]12C. The van der Waals surface area contributed by atoms with Gasteiger partial charge in [0.2, 0.25) is 5.12 Å². The molecule has 0 bridgehead atoms. The number of hydrogen-bond acceptors (Lipinski definition) is 15. The first-order chi connectivity index (χ1) is 30.7. The summed E-state index contributed by atoms with van der Waals surface area (Å²) in [6.07, 6.45) is 12.6. The molecule has 4 aliphatic rings. The third-order valence-electron chi connectivity index (χ3n) is 15.7. The van der Waals surface area contributed by atoms with Crippen LogP contribution in [0.25, 0.3) is 11.2 Å². The molecule has 4 aliphatic carbocycles. The number of nitrogen functional groups attached to an aromatic ring is 1. The van der Waals surface area contributed by atoms with Gasteiger partial charge in [0.15, 0.2) is 11.5 Å². The Kier molecular flexibility index (Phi) is 16.7. The van der Waals surface area contributed by atoms with Crippen LogP contribution in [-0.2, 0) is 45.6 Å². The third kappa shape index (κ3) is 11.2. The molecule has 1 unspecified atom stereocenters. The first kappa shape index (κ1) is 49.0. The van der Waals surface area contributed by atoms with Gasteiger partial charge in [0.05, 0.1) is 51.0 Å². The van der Waals surface area contributed by atoms with Gasteiger partial charge >= 0.3 is 13.6 Å². The van der Waals surface area contributed by atoms with Crippen molar-refractivity contribution < 1.29 is 42.9 Å². The molecule has 354 valence electrons. The molecule has 0 saturated heterocycles. The maximum atomic E-state index is 13.9. The molecule has 0 aliphatic heterocycles. The smallest absolute Gasteiger partial charge is 0.356 e. The van der Waals surface area contributed by atoms with E-state index >= 15 is 0 Å². The van der Waals surface area contributed by atoms with Crippen molar-refractivity contribution in [3.8, 4) is 0 Å². The highest BCUT2D eigenvalue weighted by Crippen LogP contribution is 2.68. The van der Waals surface area contributed by atoms with Crippen molar-refractivity contribution in [3.05, 3.63) is 48.5 Å². The predicted molar refractivity (Wildman–Crippen MR) is 247 cm³/mol. The van der Waals surface area contributed by atoms with Crippen LogP contribution in [0.2, 0.25) is 0 Å². The van der Waals surface area contributed by atoms with E-state index in [1.165, 1.54) is 19.2 Å². The minimum absolute atomic E-state index is 0.0243. The van der Waals surface area contributed by atoms with Crippen LogP contribution in [-0.4, -0.2) is 97.6 Å². The number of nitrogens with zero attached hydrogens (tertiary/aromatic N) is 4. The fraction of sp³-hybridized carbons (Fsp3) is 0.723. The van der Waals surface area contributed by atoms with Crippen LogP contribution < -0.4 is 11.5 Å². The molecule has 15 nitrogen and oxygen atoms in total. The molecule has 4 fully saturated rings. The van der Waals surface area contributed by atoms with E-state index in [0.717, 1.165) is 55.9 Å². The van der Waals surface area contributed by atoms with Crippen molar-refractivity contribution in [3.63, 3.8) is 0 Å². The Hall–Kier alpha value is -2.95. The molecule has 0 amide bonds. The van der Waals surface area contributed by atoms with E-state index in [9.17, 15) is 24.4 Å². The molecule has 0 spiro atoms. The number of nitrogens with two attached hydrogens (primary N) is 2. The summed E-state index contributed by atoms with van der Waals surface area (Å²) in [6, 6.07) is 9.00. The fourth-order valence-corrected chi connectivity index (χ4v) is 14.4. The molecule has 17 heteroatoms. The van der Waals surface area contributed by atoms with Crippen molar-refractivity contribution in [2.75, 3.05) is 44.3 Å². The topological polar surface area (TPSA) is 224 Å². The highest BCUT2D eigenvalue weighted by molar-refractivity contribution is 8.13. The highest BCUT2D eigenvalue weighted by Gasteiger charge is 2.63. The van der Waals surface area contributed by atoms with Crippen LogP contribution in [0.5, 0.6) is 0 Å². The molecule has 2 heterocycles. The predicted octanol–water partition coefficient (Wildman–Crippen LogP) is 7.17. The fourth-order valence-electron chi connectivity index (χ4n) is 12.2. The van der Waals surface area contributed by atoms with E-state index in [0.29, 0.717) is 85.2 Å². The summed E-state index contributed by atoms with van der Waals surface area (Å²) in [4.78, 5) is 38.2. The van der Waals surface area contributed by atoms with E-state index in [2.05, 4.69) is 35.7 Å². The zero-order valence-electron chi connectivity index (χ0n) is 37.9. The monoisotopic (exact) mass is 926 g/mol. The number of aromatic nitrogens is 4. The Morgan fingerprint density at radius 3 is 2.55 bits per heavy atom. The van der Waals surface area contributed by atoms with Gasteiger partial charge in [-0.3, -0.25) is 14.2 Å². The van der Waals surface area contributed by atoms with E-state index in [-0.39, 0.29) is 78.6 Å². The maximum Gasteiger partial charge on any atom is 0.356 e. The summed E-state index contributed by atoms with van der Waals surface area (Å²) in [7, 11) is -3.74. The lowest BCUT2D eigenvalue weighted by atomic mass is 9.43. The van der Waals surface area contributed by atoms with Crippen LogP contribution in [0.3, 0.4) is 0 Å². The molecule has 1 aromatic carbocycles. The van der Waals surface area contributed by atoms with Crippen molar-refractivity contribution in [2.45, 2.75) is 129 Å². The molecule has 0 radical (unpaired) electrons. The minimum atomic E-state index is -3.74. The Morgan fingerprint density at radius 2 is 1.75 bits per heavy atom. The number of aliphatic hydroxyl groups excluding tert-OH is 2. The summed E-state index contributed by atoms with van der Waals surface area (Å²) in [5.74, 6) is 3.19. The standard InChI is InChI=1S/C47H71N6O9PS/c1-31(36-14-15-37-35-13-12-33-26-34(54)17-18-46(33,2)38(35)27-40(55)47(36,37)3)11-16-41(56)60-20-7-21-61-63(58,30-59-23-19-53-29-52-42-43(49)50-28-51-44(42)53)62-22-8-24-64-45(57)39(48)25-32-9-5-4-6-10-32/h4-6,9-10,28-29,31,33-40,54-55H,7-8,11-27,30,48H2,1-3H3,(H2,49,50,51)/t31-,33-,34-,35+,36-,37+,38+,39+,40+,46+,47-,63?/m1/s1. The summed E-state index contributed by atoms with van der Waals surface area (Å²) in [5.41, 5.74) is 14.1. The average Bonchev–Trinajstić information content (AvgIpc) is 3.87. The second kappa shape index (κ2) is 21.8. The zero-order valence-corrected chi connectivity index (χ0v) is 39.6. The number of thioether (sulfide) groups is 1. The van der Waals surface area contributed by atoms with Crippen molar-refractivity contribution in [2.24, 2.45) is 52.1 Å². The maximum absolute atomic E-state index is 13.9. The second-order valence-corrected chi connectivity index (χ2v) is 22.6. The van der Waals surface area contributed by atoms with Crippen LogP contribution >= 0.6 is 19.4 Å². The van der Waals surface area contributed by atoms with E-state index < -0.39 is 13.6 Å². The van der Waals surface area contributed by atoms with Gasteiger partial charge < -0.3 is 44.8 Å². The number of imidazole rings is 1. The summed E-state index contributed by atoms with van der Waals surface area (Å²) >= 11 is 1.13.